The van der Waals surface area contributed by atoms with E-state index in [1.807, 2.05) is 49.4 Å². The number of hydrogen-bond acceptors (Lipinski definition) is 3. The largest absolute Gasteiger partial charge is 0.497 e. The molecule has 0 amide bonds. The number of fused-ring (bicyclic) bond motifs is 1. The standard InChI is InChI=1S/C28H27NO3.ClH/c1-18-24(12-7-13-25(18)28(30)31)27-15-20(14-22-8-4-5-11-26(22)27)17-29-19(2)21-9-6-10-23(16-21)32-3;/h4-16,19,29H,17H2,1-3H3,(H,30,31);1H/t19-;/m1./s1. The van der Waals surface area contributed by atoms with Gasteiger partial charge in [0.25, 0.3) is 0 Å². The molecule has 0 saturated carbocycles. The van der Waals surface area contributed by atoms with Crippen LogP contribution in [-0.2, 0) is 6.54 Å². The van der Waals surface area contributed by atoms with Gasteiger partial charge in [-0.3, -0.25) is 0 Å². The highest BCUT2D eigenvalue weighted by molar-refractivity contribution is 6.00. The monoisotopic (exact) mass is 461 g/mol. The lowest BCUT2D eigenvalue weighted by atomic mass is 9.91. The Balaban J connectivity index is 0.00000306. The minimum absolute atomic E-state index is 0. The SMILES string of the molecule is COc1cccc([C@@H](C)NCc2cc(-c3cccc(C(=O)O)c3C)c3ccccc3c2)c1.Cl. The van der Waals surface area contributed by atoms with Gasteiger partial charge in [0, 0.05) is 12.6 Å². The van der Waals surface area contributed by atoms with Crippen molar-refractivity contribution in [3.8, 4) is 16.9 Å². The Morgan fingerprint density at radius 2 is 1.73 bits per heavy atom. The molecule has 0 saturated heterocycles. The van der Waals surface area contributed by atoms with Crippen molar-refractivity contribution in [1.82, 2.24) is 5.32 Å². The molecule has 5 heteroatoms. The maximum absolute atomic E-state index is 11.7. The molecule has 0 unspecified atom stereocenters. The molecule has 0 aliphatic rings. The Morgan fingerprint density at radius 1 is 0.970 bits per heavy atom. The van der Waals surface area contributed by atoms with Gasteiger partial charge in [-0.1, -0.05) is 48.5 Å². The first kappa shape index (κ1) is 24.3. The first-order valence-corrected chi connectivity index (χ1v) is 10.7. The molecule has 1 atom stereocenters. The van der Waals surface area contributed by atoms with Crippen molar-refractivity contribution in [2.75, 3.05) is 7.11 Å². The average Bonchev–Trinajstić information content (AvgIpc) is 2.82. The van der Waals surface area contributed by atoms with E-state index < -0.39 is 5.97 Å². The van der Waals surface area contributed by atoms with Crippen molar-refractivity contribution in [3.63, 3.8) is 0 Å². The first-order valence-electron chi connectivity index (χ1n) is 10.7. The third-order valence-electron chi connectivity index (χ3n) is 5.98. The van der Waals surface area contributed by atoms with Gasteiger partial charge in [0.15, 0.2) is 0 Å². The minimum Gasteiger partial charge on any atom is -0.497 e. The molecule has 0 heterocycles. The zero-order valence-corrected chi connectivity index (χ0v) is 19.8. The summed E-state index contributed by atoms with van der Waals surface area (Å²) in [4.78, 5) is 11.7. The van der Waals surface area contributed by atoms with E-state index in [0.717, 1.165) is 44.3 Å². The van der Waals surface area contributed by atoms with Crippen molar-refractivity contribution in [2.45, 2.75) is 26.4 Å². The fourth-order valence-electron chi connectivity index (χ4n) is 4.16. The van der Waals surface area contributed by atoms with Crippen molar-refractivity contribution < 1.29 is 14.6 Å². The Bertz CT molecular complexity index is 1290. The molecule has 170 valence electrons. The summed E-state index contributed by atoms with van der Waals surface area (Å²) in [6, 6.07) is 26.3. The van der Waals surface area contributed by atoms with Crippen LogP contribution in [0.1, 0.15) is 40.0 Å². The van der Waals surface area contributed by atoms with Gasteiger partial charge in [-0.05, 0) is 82.8 Å². The number of aromatic carboxylic acids is 1. The fourth-order valence-corrected chi connectivity index (χ4v) is 4.16. The maximum atomic E-state index is 11.7. The van der Waals surface area contributed by atoms with Crippen LogP contribution < -0.4 is 10.1 Å². The molecule has 0 aliphatic heterocycles. The zero-order chi connectivity index (χ0) is 22.7. The molecule has 0 radical (unpaired) electrons. The normalized spacial score (nSPS) is 11.6. The van der Waals surface area contributed by atoms with Crippen LogP contribution in [-0.4, -0.2) is 18.2 Å². The zero-order valence-electron chi connectivity index (χ0n) is 19.0. The summed E-state index contributed by atoms with van der Waals surface area (Å²) in [7, 11) is 1.68. The second-order valence-electron chi connectivity index (χ2n) is 8.03. The third kappa shape index (κ3) is 5.19. The smallest absolute Gasteiger partial charge is 0.335 e. The van der Waals surface area contributed by atoms with Crippen LogP contribution in [0, 0.1) is 6.92 Å². The summed E-state index contributed by atoms with van der Waals surface area (Å²) < 4.78 is 5.35. The molecule has 4 nitrogen and oxygen atoms in total. The number of methoxy groups -OCH3 is 1. The number of ether oxygens (including phenoxy) is 1. The summed E-state index contributed by atoms with van der Waals surface area (Å²) in [6.45, 7) is 4.70. The van der Waals surface area contributed by atoms with E-state index in [9.17, 15) is 9.90 Å². The summed E-state index contributed by atoms with van der Waals surface area (Å²) in [5, 5.41) is 15.4. The quantitative estimate of drug-likeness (QED) is 0.318. The molecule has 4 aromatic rings. The summed E-state index contributed by atoms with van der Waals surface area (Å²) in [5.41, 5.74) is 5.42. The lowest BCUT2D eigenvalue weighted by Gasteiger charge is -2.17. The third-order valence-corrected chi connectivity index (χ3v) is 5.98. The Morgan fingerprint density at radius 3 is 2.48 bits per heavy atom. The van der Waals surface area contributed by atoms with Crippen LogP contribution in [0.3, 0.4) is 0 Å². The molecule has 4 rings (SSSR count). The number of nitrogens with one attached hydrogen (secondary N) is 1. The van der Waals surface area contributed by atoms with Gasteiger partial charge in [-0.2, -0.15) is 0 Å². The van der Waals surface area contributed by atoms with Crippen molar-refractivity contribution in [2.24, 2.45) is 0 Å². The van der Waals surface area contributed by atoms with E-state index in [4.69, 9.17) is 4.74 Å². The van der Waals surface area contributed by atoms with Crippen LogP contribution in [0.5, 0.6) is 5.75 Å². The predicted octanol–water partition coefficient (Wildman–Crippen LogP) is 6.79. The fraction of sp³-hybridized carbons (Fsp3) is 0.179. The number of carbonyl (C=O) groups is 1. The molecular weight excluding hydrogens is 434 g/mol. The molecule has 0 bridgehead atoms. The van der Waals surface area contributed by atoms with Crippen LogP contribution in [0.2, 0.25) is 0 Å². The van der Waals surface area contributed by atoms with E-state index in [2.05, 4.69) is 42.6 Å². The minimum atomic E-state index is -0.904. The van der Waals surface area contributed by atoms with Gasteiger partial charge >= 0.3 is 5.97 Å². The highest BCUT2D eigenvalue weighted by atomic mass is 35.5. The summed E-state index contributed by atoms with van der Waals surface area (Å²) >= 11 is 0. The molecule has 0 aliphatic carbocycles. The number of benzene rings is 4. The summed E-state index contributed by atoms with van der Waals surface area (Å²) in [5.74, 6) is -0.0588. The lowest BCUT2D eigenvalue weighted by molar-refractivity contribution is 0.0696. The van der Waals surface area contributed by atoms with E-state index in [1.54, 1.807) is 13.2 Å². The maximum Gasteiger partial charge on any atom is 0.335 e. The molecule has 33 heavy (non-hydrogen) atoms. The first-order chi connectivity index (χ1) is 15.5. The number of carboxylic acid groups (broad SMARTS) is 1. The molecule has 4 aromatic carbocycles. The molecule has 0 aromatic heterocycles. The number of carboxylic acids is 1. The highest BCUT2D eigenvalue weighted by Gasteiger charge is 2.15. The van der Waals surface area contributed by atoms with Gasteiger partial charge in [0.1, 0.15) is 5.75 Å². The van der Waals surface area contributed by atoms with Crippen molar-refractivity contribution in [1.29, 1.82) is 0 Å². The molecule has 2 N–H and O–H groups in total. The number of hydrogen-bond donors (Lipinski definition) is 2. The lowest BCUT2D eigenvalue weighted by Crippen LogP contribution is -2.18. The van der Waals surface area contributed by atoms with Gasteiger partial charge in [0.2, 0.25) is 0 Å². The predicted molar refractivity (Wildman–Crippen MR) is 137 cm³/mol. The van der Waals surface area contributed by atoms with Crippen molar-refractivity contribution in [3.05, 3.63) is 101 Å². The molecule has 0 spiro atoms. The van der Waals surface area contributed by atoms with Crippen LogP contribution in [0.15, 0.2) is 78.9 Å². The highest BCUT2D eigenvalue weighted by Crippen LogP contribution is 2.33. The second-order valence-corrected chi connectivity index (χ2v) is 8.03. The van der Waals surface area contributed by atoms with Crippen molar-refractivity contribution >= 4 is 29.1 Å². The van der Waals surface area contributed by atoms with Gasteiger partial charge in [-0.25, -0.2) is 4.79 Å². The van der Waals surface area contributed by atoms with E-state index in [0.29, 0.717) is 12.1 Å². The number of halogens is 1. The Labute approximate surface area is 200 Å². The number of rotatable bonds is 7. The van der Waals surface area contributed by atoms with Crippen LogP contribution in [0.25, 0.3) is 21.9 Å². The average molecular weight is 462 g/mol. The van der Waals surface area contributed by atoms with Gasteiger partial charge < -0.3 is 15.2 Å². The van der Waals surface area contributed by atoms with E-state index >= 15 is 0 Å². The Hall–Kier alpha value is -3.34. The Kier molecular flexibility index (Phi) is 7.75. The van der Waals surface area contributed by atoms with Gasteiger partial charge in [-0.15, -0.1) is 12.4 Å². The summed E-state index contributed by atoms with van der Waals surface area (Å²) in [6.07, 6.45) is 0. The van der Waals surface area contributed by atoms with E-state index in [1.165, 1.54) is 0 Å². The second kappa shape index (κ2) is 10.5. The van der Waals surface area contributed by atoms with E-state index in [-0.39, 0.29) is 18.4 Å². The molecular formula is C28H28ClNO3. The van der Waals surface area contributed by atoms with Gasteiger partial charge in [0.05, 0.1) is 12.7 Å². The van der Waals surface area contributed by atoms with Crippen LogP contribution in [0.4, 0.5) is 0 Å². The topological polar surface area (TPSA) is 58.6 Å². The molecule has 0 fully saturated rings. The van der Waals surface area contributed by atoms with Crippen LogP contribution >= 0.6 is 12.4 Å².